The van der Waals surface area contributed by atoms with Gasteiger partial charge in [0, 0.05) is 76.1 Å². The van der Waals surface area contributed by atoms with E-state index in [1.165, 1.54) is 27.9 Å². The van der Waals surface area contributed by atoms with Gasteiger partial charge in [-0.25, -0.2) is 4.79 Å². The second kappa shape index (κ2) is 16.1. The molecular formula is C45H51N5O6. The molecule has 5 N–H and O–H groups in total. The molecule has 0 saturated carbocycles. The highest BCUT2D eigenvalue weighted by atomic mass is 16.4. The summed E-state index contributed by atoms with van der Waals surface area (Å²) in [6, 6.07) is 30.5. The first-order valence-corrected chi connectivity index (χ1v) is 20.0. The van der Waals surface area contributed by atoms with Gasteiger partial charge in [0.1, 0.15) is 5.75 Å². The van der Waals surface area contributed by atoms with Crippen LogP contribution in [0.2, 0.25) is 0 Å². The van der Waals surface area contributed by atoms with E-state index in [-0.39, 0.29) is 36.3 Å². The first-order valence-electron chi connectivity index (χ1n) is 20.0. The zero-order chi connectivity index (χ0) is 38.8. The molecule has 1 unspecified atom stereocenters. The third kappa shape index (κ3) is 8.16. The molecule has 1 aliphatic carbocycles. The van der Waals surface area contributed by atoms with Gasteiger partial charge >= 0.3 is 5.97 Å². The van der Waals surface area contributed by atoms with E-state index in [9.17, 15) is 29.7 Å². The summed E-state index contributed by atoms with van der Waals surface area (Å²) in [4.78, 5) is 42.8. The minimum absolute atomic E-state index is 0.172. The molecule has 0 aromatic heterocycles. The van der Waals surface area contributed by atoms with Crippen molar-refractivity contribution in [2.75, 3.05) is 55.6 Å². The molecule has 0 spiro atoms. The number of hydrogen-bond acceptors (Lipinski definition) is 9. The van der Waals surface area contributed by atoms with Crippen molar-refractivity contribution in [2.24, 2.45) is 0 Å². The number of aromatic carboxylic acids is 1. The predicted octanol–water partition coefficient (Wildman–Crippen LogP) is 5.00. The summed E-state index contributed by atoms with van der Waals surface area (Å²) in [6.07, 6.45) is 3.81. The molecule has 3 saturated heterocycles. The Bertz CT molecular complexity index is 2060. The van der Waals surface area contributed by atoms with Crippen molar-refractivity contribution in [3.05, 3.63) is 124 Å². The molecule has 3 aliphatic heterocycles. The van der Waals surface area contributed by atoms with Crippen LogP contribution in [0.15, 0.2) is 91.0 Å². The molecular weight excluding hydrogens is 707 g/mol. The minimum atomic E-state index is -1.04. The molecule has 11 nitrogen and oxygen atoms in total. The summed E-state index contributed by atoms with van der Waals surface area (Å²) in [5.74, 6) is -0.809. The average Bonchev–Trinajstić information content (AvgIpc) is 3.21. The van der Waals surface area contributed by atoms with Gasteiger partial charge in [-0.15, -0.1) is 0 Å². The number of anilines is 2. The first-order chi connectivity index (χ1) is 27.1. The van der Waals surface area contributed by atoms with Crippen molar-refractivity contribution in [3.63, 3.8) is 0 Å². The van der Waals surface area contributed by atoms with Gasteiger partial charge in [-0.05, 0) is 108 Å². The number of nitrogens with one attached hydrogen (secondary N) is 2. The summed E-state index contributed by atoms with van der Waals surface area (Å²) in [7, 11) is 0. The SMILES string of the molecule is O=C1CCC(NCc2cc(N3CCC(O)(CN4CCN(c5ccc([C@@H]6c7ccc(O)cc7CC[C@@H]6c6ccccc6)cc5)CC4)CC3)ccc2C(=O)O)C(=O)N1. The summed E-state index contributed by atoms with van der Waals surface area (Å²) >= 11 is 0. The highest BCUT2D eigenvalue weighted by Gasteiger charge is 2.36. The number of nitrogens with zero attached hydrogens (tertiary/aromatic N) is 3. The molecule has 2 amide bonds. The van der Waals surface area contributed by atoms with Crippen molar-refractivity contribution in [3.8, 4) is 5.75 Å². The number of aryl methyl sites for hydroxylation is 1. The number of aliphatic hydroxyl groups is 1. The number of piperidine rings is 2. The Kier molecular flexibility index (Phi) is 10.8. The van der Waals surface area contributed by atoms with Crippen molar-refractivity contribution < 1.29 is 29.7 Å². The second-order valence-electron chi connectivity index (χ2n) is 16.0. The van der Waals surface area contributed by atoms with E-state index in [4.69, 9.17) is 0 Å². The first kappa shape index (κ1) is 37.7. The number of aromatic hydroxyl groups is 1. The van der Waals surface area contributed by atoms with Crippen LogP contribution in [0.3, 0.4) is 0 Å². The van der Waals surface area contributed by atoms with Gasteiger partial charge in [0.15, 0.2) is 0 Å². The Morgan fingerprint density at radius 3 is 2.21 bits per heavy atom. The molecule has 3 heterocycles. The lowest BCUT2D eigenvalue weighted by atomic mass is 9.69. The number of hydrogen-bond donors (Lipinski definition) is 5. The van der Waals surface area contributed by atoms with Crippen LogP contribution < -0.4 is 20.4 Å². The maximum Gasteiger partial charge on any atom is 0.336 e. The minimum Gasteiger partial charge on any atom is -0.508 e. The van der Waals surface area contributed by atoms with Crippen molar-refractivity contribution in [1.82, 2.24) is 15.5 Å². The van der Waals surface area contributed by atoms with Gasteiger partial charge in [0.05, 0.1) is 17.2 Å². The van der Waals surface area contributed by atoms with Crippen LogP contribution in [-0.2, 0) is 22.6 Å². The number of β-amino-alcohol motifs (C(OH)–C–C–N with tert-alkyl or cyclic N) is 1. The molecule has 11 heteroatoms. The van der Waals surface area contributed by atoms with Crippen molar-refractivity contribution in [1.29, 1.82) is 0 Å². The van der Waals surface area contributed by atoms with E-state index in [1.54, 1.807) is 6.07 Å². The number of carbonyl (C=O) groups is 3. The van der Waals surface area contributed by atoms with E-state index in [0.717, 1.165) is 44.7 Å². The monoisotopic (exact) mass is 757 g/mol. The predicted molar refractivity (Wildman–Crippen MR) is 215 cm³/mol. The Labute approximate surface area is 327 Å². The van der Waals surface area contributed by atoms with Crippen LogP contribution >= 0.6 is 0 Å². The quantitative estimate of drug-likeness (QED) is 0.140. The summed E-state index contributed by atoms with van der Waals surface area (Å²) in [5, 5.41) is 37.2. The summed E-state index contributed by atoms with van der Waals surface area (Å²) in [6.45, 7) is 5.58. The third-order valence-electron chi connectivity index (χ3n) is 12.5. The van der Waals surface area contributed by atoms with E-state index >= 15 is 0 Å². The smallest absolute Gasteiger partial charge is 0.336 e. The fourth-order valence-corrected chi connectivity index (χ4v) is 9.34. The maximum atomic E-state index is 12.2. The molecule has 4 aliphatic rings. The number of imide groups is 1. The highest BCUT2D eigenvalue weighted by molar-refractivity contribution is 6.00. The topological polar surface area (TPSA) is 146 Å². The van der Waals surface area contributed by atoms with Gasteiger partial charge in [-0.2, -0.15) is 0 Å². The Morgan fingerprint density at radius 2 is 1.50 bits per heavy atom. The number of phenols is 1. The standard InChI is InChI=1S/C45H51N5O6/c51-36-12-15-38-32(27-36)8-13-37(30-4-2-1-3-5-30)42(38)31-6-9-34(10-7-31)50-24-22-48(23-25-50)29-45(56)18-20-49(21-19-45)35-11-14-39(44(54)55)33(26-35)28-46-40-16-17-41(52)47-43(40)53/h1-7,9-12,14-15,26-27,37,40,42,46,51,56H,8,13,16-25,28-29H2,(H,54,55)(H,47,52,53)/t37-,40?,42+/m1/s1. The number of carboxylic acid groups (broad SMARTS) is 1. The van der Waals surface area contributed by atoms with Crippen LogP contribution in [-0.4, -0.2) is 95.5 Å². The highest BCUT2D eigenvalue weighted by Crippen LogP contribution is 2.47. The molecule has 56 heavy (non-hydrogen) atoms. The summed E-state index contributed by atoms with van der Waals surface area (Å²) in [5.41, 5.74) is 7.21. The number of phenolic OH excluding ortho intramolecular Hbond substituents is 1. The normalized spacial score (nSPS) is 22.7. The fraction of sp³-hybridized carbons (Fsp3) is 0.400. The van der Waals surface area contributed by atoms with Crippen LogP contribution in [0, 0.1) is 0 Å². The maximum absolute atomic E-state index is 12.2. The van der Waals surface area contributed by atoms with Crippen LogP contribution in [0.4, 0.5) is 11.4 Å². The molecule has 4 aromatic rings. The third-order valence-corrected chi connectivity index (χ3v) is 12.5. The molecule has 0 bridgehead atoms. The lowest BCUT2D eigenvalue weighted by Gasteiger charge is -2.44. The number of carboxylic acids is 1. The second-order valence-corrected chi connectivity index (χ2v) is 16.0. The molecule has 3 atom stereocenters. The van der Waals surface area contributed by atoms with Gasteiger partial charge < -0.3 is 30.4 Å². The van der Waals surface area contributed by atoms with Gasteiger partial charge in [-0.1, -0.05) is 48.5 Å². The largest absolute Gasteiger partial charge is 0.508 e. The van der Waals surface area contributed by atoms with Gasteiger partial charge in [0.2, 0.25) is 11.8 Å². The van der Waals surface area contributed by atoms with Crippen LogP contribution in [0.1, 0.15) is 82.1 Å². The Hall–Kier alpha value is -5.23. The van der Waals surface area contributed by atoms with E-state index in [0.29, 0.717) is 56.1 Å². The Morgan fingerprint density at radius 1 is 0.786 bits per heavy atom. The zero-order valence-corrected chi connectivity index (χ0v) is 31.7. The fourth-order valence-electron chi connectivity index (χ4n) is 9.34. The van der Waals surface area contributed by atoms with E-state index in [1.807, 2.05) is 24.3 Å². The van der Waals surface area contributed by atoms with Gasteiger partial charge in [-0.3, -0.25) is 19.8 Å². The van der Waals surface area contributed by atoms with Crippen LogP contribution in [0.25, 0.3) is 0 Å². The van der Waals surface area contributed by atoms with Crippen LogP contribution in [0.5, 0.6) is 5.75 Å². The van der Waals surface area contributed by atoms with Gasteiger partial charge in [0.25, 0.3) is 0 Å². The van der Waals surface area contributed by atoms with Crippen molar-refractivity contribution >= 4 is 29.2 Å². The number of amides is 2. The molecule has 0 radical (unpaired) electrons. The lowest BCUT2D eigenvalue weighted by molar-refractivity contribution is -0.134. The van der Waals surface area contributed by atoms with E-state index < -0.39 is 17.6 Å². The average molecular weight is 758 g/mol. The molecule has 8 rings (SSSR count). The van der Waals surface area contributed by atoms with Crippen molar-refractivity contribution in [2.45, 2.75) is 68.5 Å². The molecule has 4 aromatic carbocycles. The lowest BCUT2D eigenvalue weighted by Crippen LogP contribution is -2.55. The number of rotatable bonds is 10. The molecule has 292 valence electrons. The Balaban J connectivity index is 0.861. The number of carbonyl (C=O) groups excluding carboxylic acids is 2. The number of piperazine rings is 1. The summed E-state index contributed by atoms with van der Waals surface area (Å²) < 4.78 is 0. The molecule has 3 fully saturated rings. The number of fused-ring (bicyclic) bond motifs is 1. The van der Waals surface area contributed by atoms with E-state index in [2.05, 4.69) is 86.0 Å². The zero-order valence-electron chi connectivity index (χ0n) is 31.7. The number of benzene rings is 4.